The van der Waals surface area contributed by atoms with Gasteiger partial charge in [-0.3, -0.25) is 24.2 Å². The van der Waals surface area contributed by atoms with Crippen LogP contribution in [0, 0.1) is 5.82 Å². The third kappa shape index (κ3) is 6.95. The lowest BCUT2D eigenvalue weighted by Gasteiger charge is -2.48. The molecule has 1 atom stereocenters. The highest BCUT2D eigenvalue weighted by Gasteiger charge is 2.45. The Kier molecular flexibility index (Phi) is 9.71. The lowest BCUT2D eigenvalue weighted by atomic mass is 9.76. The first-order valence-corrected chi connectivity index (χ1v) is 16.4. The number of amides is 2. The average Bonchev–Trinajstić information content (AvgIpc) is 3.66. The predicted molar refractivity (Wildman–Crippen MR) is 189 cm³/mol. The quantitative estimate of drug-likeness (QED) is 0.150. The normalized spacial score (nSPS) is 15.0. The maximum absolute atomic E-state index is 15.4. The molecule has 13 heteroatoms. The molecule has 0 bridgehead atoms. The summed E-state index contributed by atoms with van der Waals surface area (Å²) in [7, 11) is 1.57. The molecule has 11 nitrogen and oxygen atoms in total. The van der Waals surface area contributed by atoms with Crippen molar-refractivity contribution in [1.82, 2.24) is 35.4 Å². The minimum absolute atomic E-state index is 0.0153. The Morgan fingerprint density at radius 2 is 1.76 bits per heavy atom. The number of hydrogen-bond donors (Lipinski definition) is 1. The van der Waals surface area contributed by atoms with Crippen LogP contribution in [0.4, 0.5) is 4.39 Å². The van der Waals surface area contributed by atoms with Crippen molar-refractivity contribution in [3.63, 3.8) is 0 Å². The van der Waals surface area contributed by atoms with Gasteiger partial charge < -0.3 is 10.2 Å². The van der Waals surface area contributed by atoms with Crippen molar-refractivity contribution in [2.45, 2.75) is 45.2 Å². The molecule has 0 fully saturated rings. The van der Waals surface area contributed by atoms with E-state index in [4.69, 9.17) is 11.6 Å². The molecule has 0 aliphatic carbocycles. The number of carbonyl (C=O) groups excluding carboxylic acids is 4. The fourth-order valence-electron chi connectivity index (χ4n) is 6.46. The van der Waals surface area contributed by atoms with E-state index in [2.05, 4.69) is 25.8 Å². The molecule has 0 radical (unpaired) electrons. The zero-order chi connectivity index (χ0) is 36.4. The summed E-state index contributed by atoms with van der Waals surface area (Å²) in [4.78, 5) is 58.7. The van der Waals surface area contributed by atoms with E-state index in [9.17, 15) is 19.2 Å². The molecule has 1 N–H and O–H groups in total. The molecule has 51 heavy (non-hydrogen) atoms. The van der Waals surface area contributed by atoms with Crippen LogP contribution in [0.2, 0.25) is 5.02 Å². The van der Waals surface area contributed by atoms with Gasteiger partial charge in [0.05, 0.1) is 17.1 Å². The zero-order valence-electron chi connectivity index (χ0n) is 28.2. The van der Waals surface area contributed by atoms with Crippen molar-refractivity contribution < 1.29 is 23.6 Å². The molecule has 1 aliphatic rings. The number of halogens is 2. The number of pyridine rings is 1. The molecule has 0 unspecified atom stereocenters. The van der Waals surface area contributed by atoms with E-state index in [1.165, 1.54) is 53.3 Å². The van der Waals surface area contributed by atoms with Gasteiger partial charge in [0.2, 0.25) is 5.91 Å². The monoisotopic (exact) mass is 705 g/mol. The van der Waals surface area contributed by atoms with Crippen molar-refractivity contribution >= 4 is 41.1 Å². The molecule has 5 aromatic rings. The molecule has 2 amide bonds. The van der Waals surface area contributed by atoms with E-state index in [0.717, 1.165) is 16.7 Å². The van der Waals surface area contributed by atoms with Crippen LogP contribution in [0.5, 0.6) is 0 Å². The van der Waals surface area contributed by atoms with Crippen molar-refractivity contribution in [2.24, 2.45) is 0 Å². The van der Waals surface area contributed by atoms with Gasteiger partial charge in [-0.2, -0.15) is 4.68 Å². The van der Waals surface area contributed by atoms with Crippen LogP contribution in [-0.2, 0) is 22.4 Å². The number of aromatic nitrogens is 5. The van der Waals surface area contributed by atoms with Crippen LogP contribution < -0.4 is 5.32 Å². The number of tetrazole rings is 1. The molecule has 3 heterocycles. The van der Waals surface area contributed by atoms with E-state index < -0.39 is 23.3 Å². The van der Waals surface area contributed by atoms with Gasteiger partial charge in [0.25, 0.3) is 5.91 Å². The molecule has 3 aromatic carbocycles. The van der Waals surface area contributed by atoms with Crippen molar-refractivity contribution in [3.8, 4) is 16.8 Å². The fourth-order valence-corrected chi connectivity index (χ4v) is 6.62. The second kappa shape index (κ2) is 14.2. The number of rotatable bonds is 9. The van der Waals surface area contributed by atoms with Crippen LogP contribution in [0.3, 0.4) is 0 Å². The summed E-state index contributed by atoms with van der Waals surface area (Å²) in [6.45, 7) is 5.18. The highest BCUT2D eigenvalue weighted by Crippen LogP contribution is 2.44. The van der Waals surface area contributed by atoms with E-state index >= 15 is 4.39 Å². The van der Waals surface area contributed by atoms with Gasteiger partial charge in [0, 0.05) is 47.2 Å². The molecule has 0 saturated heterocycles. The highest BCUT2D eigenvalue weighted by molar-refractivity contribution is 6.31. The Hall–Kier alpha value is -5.88. The number of hydrogen-bond acceptors (Lipinski definition) is 8. The topological polar surface area (TPSA) is 140 Å². The van der Waals surface area contributed by atoms with Gasteiger partial charge in [-0.05, 0) is 102 Å². The van der Waals surface area contributed by atoms with Gasteiger partial charge in [0.15, 0.2) is 17.4 Å². The fraction of sp³-hybridized carbons (Fsp3) is 0.211. The Morgan fingerprint density at radius 1 is 1.02 bits per heavy atom. The first-order valence-electron chi connectivity index (χ1n) is 16.0. The predicted octanol–water partition coefficient (Wildman–Crippen LogP) is 5.81. The standard InChI is InChI=1S/C38H33ClFN7O4/c1-22(48)25-12-13-26(42-20-25)18-33(49)36-28-7-5-6-27(23-8-10-24(11-9-23)37(51)41-4)30(28)19-38(2,3)47(36)34(50)17-14-29-32(46-21-43-44-45-46)16-15-31(39)35(29)40/h5-17,20-21,36H,18-19H2,1-4H3,(H,41,51)/b17-14+/t36-/m1/s1. The molecule has 6 rings (SSSR count). The summed E-state index contributed by atoms with van der Waals surface area (Å²) in [6.07, 6.45) is 5.51. The molecule has 2 aromatic heterocycles. The minimum atomic E-state index is -1.05. The van der Waals surface area contributed by atoms with Gasteiger partial charge in [-0.25, -0.2) is 4.39 Å². The summed E-state index contributed by atoms with van der Waals surface area (Å²) in [5.41, 5.74) is 3.91. The molecule has 0 spiro atoms. The Morgan fingerprint density at radius 3 is 2.41 bits per heavy atom. The number of nitrogens with one attached hydrogen (secondary N) is 1. The average molecular weight is 706 g/mol. The third-order valence-electron chi connectivity index (χ3n) is 8.94. The second-order valence-electron chi connectivity index (χ2n) is 12.7. The van der Waals surface area contributed by atoms with Crippen LogP contribution in [0.25, 0.3) is 22.9 Å². The maximum Gasteiger partial charge on any atom is 0.251 e. The first-order chi connectivity index (χ1) is 24.4. The number of nitrogens with zero attached hydrogens (tertiary/aromatic N) is 6. The molecule has 1 aliphatic heterocycles. The minimum Gasteiger partial charge on any atom is -0.355 e. The van der Waals surface area contributed by atoms with E-state index in [1.807, 2.05) is 44.2 Å². The first kappa shape index (κ1) is 35.0. The van der Waals surface area contributed by atoms with Crippen LogP contribution >= 0.6 is 11.6 Å². The number of carbonyl (C=O) groups is 4. The number of fused-ring (bicyclic) bond motifs is 1. The molecular formula is C38H33ClFN7O4. The highest BCUT2D eigenvalue weighted by atomic mass is 35.5. The van der Waals surface area contributed by atoms with Gasteiger partial charge in [-0.1, -0.05) is 41.9 Å². The smallest absolute Gasteiger partial charge is 0.251 e. The van der Waals surface area contributed by atoms with E-state index in [0.29, 0.717) is 28.8 Å². The molecule has 0 saturated carbocycles. The zero-order valence-corrected chi connectivity index (χ0v) is 29.0. The SMILES string of the molecule is CNC(=O)c1ccc(-c2cccc3c2CC(C)(C)N(C(=O)/C=C/c2c(-n4cnnn4)ccc(Cl)c2F)[C@H]3C(=O)Cc2ccc(C(C)=O)cn2)cc1. The summed E-state index contributed by atoms with van der Waals surface area (Å²) in [5, 5.41) is 13.6. The Balaban J connectivity index is 1.44. The van der Waals surface area contributed by atoms with Crippen LogP contribution in [0.15, 0.2) is 85.3 Å². The van der Waals surface area contributed by atoms with Gasteiger partial charge in [-0.15, -0.1) is 5.10 Å². The number of benzene rings is 3. The lowest BCUT2D eigenvalue weighted by Crippen LogP contribution is -2.55. The lowest BCUT2D eigenvalue weighted by molar-refractivity contribution is -0.143. The van der Waals surface area contributed by atoms with E-state index in [1.54, 1.807) is 31.3 Å². The van der Waals surface area contributed by atoms with Crippen molar-refractivity contribution in [1.29, 1.82) is 0 Å². The van der Waals surface area contributed by atoms with Crippen LogP contribution in [-0.4, -0.2) is 66.1 Å². The molecular weight excluding hydrogens is 673 g/mol. The van der Waals surface area contributed by atoms with E-state index in [-0.39, 0.29) is 40.2 Å². The van der Waals surface area contributed by atoms with Crippen molar-refractivity contribution in [2.75, 3.05) is 7.05 Å². The number of ketones is 2. The third-order valence-corrected chi connectivity index (χ3v) is 9.23. The molecule has 258 valence electrons. The summed E-state index contributed by atoms with van der Waals surface area (Å²) >= 11 is 6.12. The summed E-state index contributed by atoms with van der Waals surface area (Å²) in [5.74, 6) is -1.97. The summed E-state index contributed by atoms with van der Waals surface area (Å²) in [6, 6.07) is 17.9. The summed E-state index contributed by atoms with van der Waals surface area (Å²) < 4.78 is 16.7. The Labute approximate surface area is 298 Å². The number of Topliss-reactive ketones (excluding diaryl/α,β-unsaturated/α-hetero) is 2. The van der Waals surface area contributed by atoms with Gasteiger partial charge >= 0.3 is 0 Å². The second-order valence-corrected chi connectivity index (χ2v) is 13.2. The van der Waals surface area contributed by atoms with Crippen molar-refractivity contribution in [3.05, 3.63) is 130 Å². The van der Waals surface area contributed by atoms with Crippen LogP contribution in [0.1, 0.15) is 69.9 Å². The Bertz CT molecular complexity index is 2180. The maximum atomic E-state index is 15.4. The van der Waals surface area contributed by atoms with Gasteiger partial charge in [0.1, 0.15) is 12.4 Å². The largest absolute Gasteiger partial charge is 0.355 e.